The van der Waals surface area contributed by atoms with Crippen molar-refractivity contribution in [2.75, 3.05) is 7.05 Å². The van der Waals surface area contributed by atoms with Crippen LogP contribution >= 0.6 is 0 Å². The number of benzene rings is 1. The molecule has 0 fully saturated rings. The van der Waals surface area contributed by atoms with Crippen LogP contribution in [0.2, 0.25) is 0 Å². The van der Waals surface area contributed by atoms with Gasteiger partial charge in [-0.05, 0) is 7.05 Å². The Labute approximate surface area is 83.9 Å². The Kier molecular flexibility index (Phi) is 2.55. The van der Waals surface area contributed by atoms with Crippen LogP contribution in [0, 0.1) is 0 Å². The summed E-state index contributed by atoms with van der Waals surface area (Å²) >= 11 is 0. The second-order valence-electron chi connectivity index (χ2n) is 3.38. The van der Waals surface area contributed by atoms with Crippen LogP contribution in [0.25, 0.3) is 10.8 Å². The van der Waals surface area contributed by atoms with Crippen LogP contribution in [0.5, 0.6) is 0 Å². The van der Waals surface area contributed by atoms with Crippen molar-refractivity contribution in [3.63, 3.8) is 0 Å². The zero-order valence-electron chi connectivity index (χ0n) is 8.63. The van der Waals surface area contributed by atoms with Gasteiger partial charge in [-0.3, -0.25) is 0 Å². The van der Waals surface area contributed by atoms with Crippen molar-refractivity contribution < 1.29 is 4.42 Å². The SMILES string of the molecule is CCc1oc(CNC)c2ccccc12. The molecule has 0 aliphatic rings. The highest BCUT2D eigenvalue weighted by Gasteiger charge is 2.09. The van der Waals surface area contributed by atoms with E-state index < -0.39 is 0 Å². The average molecular weight is 189 g/mol. The number of hydrogen-bond donors (Lipinski definition) is 1. The predicted octanol–water partition coefficient (Wildman–Crippen LogP) is 2.71. The molecule has 1 heterocycles. The predicted molar refractivity (Wildman–Crippen MR) is 58.4 cm³/mol. The fourth-order valence-corrected chi connectivity index (χ4v) is 1.78. The van der Waals surface area contributed by atoms with Gasteiger partial charge in [0.1, 0.15) is 11.5 Å². The number of fused-ring (bicyclic) bond motifs is 1. The second kappa shape index (κ2) is 3.84. The summed E-state index contributed by atoms with van der Waals surface area (Å²) in [6, 6.07) is 8.35. The summed E-state index contributed by atoms with van der Waals surface area (Å²) in [5.74, 6) is 2.13. The first-order valence-corrected chi connectivity index (χ1v) is 5.00. The Balaban J connectivity index is 2.61. The Morgan fingerprint density at radius 3 is 2.36 bits per heavy atom. The van der Waals surface area contributed by atoms with Crippen LogP contribution in [0.4, 0.5) is 0 Å². The van der Waals surface area contributed by atoms with Gasteiger partial charge in [-0.25, -0.2) is 0 Å². The van der Waals surface area contributed by atoms with Gasteiger partial charge in [0.15, 0.2) is 0 Å². The molecule has 1 aromatic carbocycles. The Morgan fingerprint density at radius 2 is 1.79 bits per heavy atom. The first kappa shape index (κ1) is 9.28. The van der Waals surface area contributed by atoms with Gasteiger partial charge in [-0.2, -0.15) is 0 Å². The molecular weight excluding hydrogens is 174 g/mol. The fraction of sp³-hybridized carbons (Fsp3) is 0.333. The van der Waals surface area contributed by atoms with Crippen molar-refractivity contribution in [2.24, 2.45) is 0 Å². The third-order valence-corrected chi connectivity index (χ3v) is 2.43. The molecule has 0 unspecified atom stereocenters. The van der Waals surface area contributed by atoms with Gasteiger partial charge in [0.25, 0.3) is 0 Å². The highest BCUT2D eigenvalue weighted by Crippen LogP contribution is 2.26. The zero-order valence-corrected chi connectivity index (χ0v) is 8.63. The van der Waals surface area contributed by atoms with E-state index in [9.17, 15) is 0 Å². The summed E-state index contributed by atoms with van der Waals surface area (Å²) in [5.41, 5.74) is 0. The summed E-state index contributed by atoms with van der Waals surface area (Å²) in [6.45, 7) is 2.91. The molecule has 0 aliphatic carbocycles. The van der Waals surface area contributed by atoms with E-state index in [0.717, 1.165) is 24.5 Å². The summed E-state index contributed by atoms with van der Waals surface area (Å²) in [5, 5.41) is 5.60. The molecule has 2 heteroatoms. The lowest BCUT2D eigenvalue weighted by atomic mass is 10.1. The van der Waals surface area contributed by atoms with Crippen LogP contribution in [0.3, 0.4) is 0 Å². The lowest BCUT2D eigenvalue weighted by Gasteiger charge is -1.94. The fourth-order valence-electron chi connectivity index (χ4n) is 1.78. The number of aryl methyl sites for hydroxylation is 1. The molecule has 0 radical (unpaired) electrons. The molecule has 14 heavy (non-hydrogen) atoms. The molecule has 0 spiro atoms. The van der Waals surface area contributed by atoms with E-state index >= 15 is 0 Å². The minimum Gasteiger partial charge on any atom is -0.463 e. The van der Waals surface area contributed by atoms with Crippen LogP contribution in [0.1, 0.15) is 18.4 Å². The topological polar surface area (TPSA) is 25.2 Å². The molecule has 74 valence electrons. The highest BCUT2D eigenvalue weighted by molar-refractivity contribution is 5.86. The van der Waals surface area contributed by atoms with Gasteiger partial charge in [-0.15, -0.1) is 0 Å². The van der Waals surface area contributed by atoms with Gasteiger partial charge >= 0.3 is 0 Å². The minimum atomic E-state index is 0.792. The summed E-state index contributed by atoms with van der Waals surface area (Å²) in [4.78, 5) is 0. The van der Waals surface area contributed by atoms with E-state index in [1.807, 2.05) is 7.05 Å². The smallest absolute Gasteiger partial charge is 0.125 e. The van der Waals surface area contributed by atoms with Gasteiger partial charge < -0.3 is 9.73 Å². The monoisotopic (exact) mass is 189 g/mol. The van der Waals surface area contributed by atoms with Crippen LogP contribution in [-0.2, 0) is 13.0 Å². The number of rotatable bonds is 3. The maximum absolute atomic E-state index is 5.79. The number of nitrogens with one attached hydrogen (secondary N) is 1. The van der Waals surface area contributed by atoms with Crippen molar-refractivity contribution in [2.45, 2.75) is 19.9 Å². The van der Waals surface area contributed by atoms with Crippen LogP contribution < -0.4 is 5.32 Å². The molecule has 1 aromatic heterocycles. The van der Waals surface area contributed by atoms with Crippen molar-refractivity contribution in [1.82, 2.24) is 5.32 Å². The molecule has 0 atom stereocenters. The van der Waals surface area contributed by atoms with E-state index in [2.05, 4.69) is 36.5 Å². The average Bonchev–Trinajstić information content (AvgIpc) is 2.58. The van der Waals surface area contributed by atoms with Crippen molar-refractivity contribution in [1.29, 1.82) is 0 Å². The molecule has 2 aromatic rings. The van der Waals surface area contributed by atoms with Crippen LogP contribution in [0.15, 0.2) is 28.7 Å². The molecule has 2 rings (SSSR count). The van der Waals surface area contributed by atoms with E-state index in [4.69, 9.17) is 4.42 Å². The molecule has 0 saturated heterocycles. The number of furan rings is 1. The first-order chi connectivity index (χ1) is 6.86. The van der Waals surface area contributed by atoms with E-state index in [1.54, 1.807) is 0 Å². The third-order valence-electron chi connectivity index (χ3n) is 2.43. The molecule has 0 aliphatic heterocycles. The highest BCUT2D eigenvalue weighted by atomic mass is 16.3. The zero-order chi connectivity index (χ0) is 9.97. The van der Waals surface area contributed by atoms with E-state index in [0.29, 0.717) is 0 Å². The maximum atomic E-state index is 5.79. The Hall–Kier alpha value is -1.28. The van der Waals surface area contributed by atoms with Crippen molar-refractivity contribution in [3.05, 3.63) is 35.8 Å². The van der Waals surface area contributed by atoms with Gasteiger partial charge in [-0.1, -0.05) is 31.2 Å². The van der Waals surface area contributed by atoms with Gasteiger partial charge in [0, 0.05) is 17.2 Å². The third kappa shape index (κ3) is 1.42. The second-order valence-corrected chi connectivity index (χ2v) is 3.38. The maximum Gasteiger partial charge on any atom is 0.125 e. The van der Waals surface area contributed by atoms with Gasteiger partial charge in [0.05, 0.1) is 6.54 Å². The normalized spacial score (nSPS) is 11.0. The van der Waals surface area contributed by atoms with E-state index in [1.165, 1.54) is 10.8 Å². The summed E-state index contributed by atoms with van der Waals surface area (Å²) in [6.07, 6.45) is 0.949. The van der Waals surface area contributed by atoms with Gasteiger partial charge in [0.2, 0.25) is 0 Å². The van der Waals surface area contributed by atoms with Crippen LogP contribution in [-0.4, -0.2) is 7.05 Å². The Bertz CT molecular complexity index is 431. The quantitative estimate of drug-likeness (QED) is 0.803. The molecule has 1 N–H and O–H groups in total. The molecule has 0 saturated carbocycles. The summed E-state index contributed by atoms with van der Waals surface area (Å²) < 4.78 is 5.79. The number of hydrogen-bond acceptors (Lipinski definition) is 2. The van der Waals surface area contributed by atoms with Crippen molar-refractivity contribution in [3.8, 4) is 0 Å². The molecule has 0 amide bonds. The lowest BCUT2D eigenvalue weighted by Crippen LogP contribution is -2.03. The lowest BCUT2D eigenvalue weighted by molar-refractivity contribution is 0.464. The standard InChI is InChI=1S/C12H15NO/c1-3-11-9-6-4-5-7-10(9)12(14-11)8-13-2/h4-7,13H,3,8H2,1-2H3. The molecular formula is C12H15NO. The van der Waals surface area contributed by atoms with Crippen molar-refractivity contribution >= 4 is 10.8 Å². The molecule has 2 nitrogen and oxygen atoms in total. The largest absolute Gasteiger partial charge is 0.463 e. The van der Waals surface area contributed by atoms with E-state index in [-0.39, 0.29) is 0 Å². The Morgan fingerprint density at radius 1 is 1.14 bits per heavy atom. The first-order valence-electron chi connectivity index (χ1n) is 5.00. The summed E-state index contributed by atoms with van der Waals surface area (Å²) in [7, 11) is 1.93. The molecule has 0 bridgehead atoms. The minimum absolute atomic E-state index is 0.792.